The molecule has 0 saturated heterocycles. The number of rotatable bonds is 9. The second kappa shape index (κ2) is 9.60. The summed E-state index contributed by atoms with van der Waals surface area (Å²) in [6, 6.07) is 12.2. The highest BCUT2D eigenvalue weighted by Crippen LogP contribution is 2.30. The average Bonchev–Trinajstić information content (AvgIpc) is 3.14. The van der Waals surface area contributed by atoms with E-state index in [9.17, 15) is 9.90 Å². The van der Waals surface area contributed by atoms with Crippen molar-refractivity contribution in [2.24, 2.45) is 0 Å². The molecule has 0 aliphatic carbocycles. The summed E-state index contributed by atoms with van der Waals surface area (Å²) in [5.41, 5.74) is 1.44. The van der Waals surface area contributed by atoms with E-state index in [-0.39, 0.29) is 5.75 Å². The summed E-state index contributed by atoms with van der Waals surface area (Å²) in [6.07, 6.45) is 4.47. The number of para-hydroxylation sites is 1. The van der Waals surface area contributed by atoms with Crippen molar-refractivity contribution in [2.45, 2.75) is 19.9 Å². The van der Waals surface area contributed by atoms with Gasteiger partial charge in [-0.1, -0.05) is 31.2 Å². The Labute approximate surface area is 174 Å². The van der Waals surface area contributed by atoms with Crippen LogP contribution in [0.25, 0.3) is 23.5 Å². The molecule has 3 rings (SSSR count). The predicted octanol–water partition coefficient (Wildman–Crippen LogP) is 3.70. The molecule has 1 heterocycles. The number of hydrogen-bond acceptors (Lipinski definition) is 6. The molecule has 2 aromatic carbocycles. The van der Waals surface area contributed by atoms with Crippen LogP contribution in [0, 0.1) is 0 Å². The van der Waals surface area contributed by atoms with Crippen molar-refractivity contribution in [3.8, 4) is 28.6 Å². The zero-order chi connectivity index (χ0) is 21.5. The van der Waals surface area contributed by atoms with Crippen molar-refractivity contribution in [2.75, 3.05) is 13.7 Å². The first kappa shape index (κ1) is 20.9. The Balaban J connectivity index is 1.86. The summed E-state index contributed by atoms with van der Waals surface area (Å²) in [5, 5.41) is 23.5. The molecule has 3 aromatic rings. The third kappa shape index (κ3) is 4.96. The number of phenolic OH excluding ortho intramolecular Hbond substituents is 1. The van der Waals surface area contributed by atoms with Crippen molar-refractivity contribution in [3.63, 3.8) is 0 Å². The van der Waals surface area contributed by atoms with Gasteiger partial charge in [-0.05, 0) is 42.3 Å². The van der Waals surface area contributed by atoms with Crippen LogP contribution in [0.5, 0.6) is 17.2 Å². The topological polar surface area (TPSA) is 107 Å². The Morgan fingerprint density at radius 1 is 1.17 bits per heavy atom. The zero-order valence-corrected chi connectivity index (χ0v) is 16.8. The van der Waals surface area contributed by atoms with Gasteiger partial charge in [-0.25, -0.2) is 14.5 Å². The molecule has 0 amide bonds. The molecule has 1 aromatic heterocycles. The van der Waals surface area contributed by atoms with Gasteiger partial charge in [0.25, 0.3) is 0 Å². The van der Waals surface area contributed by atoms with Crippen LogP contribution in [0.1, 0.15) is 24.7 Å². The smallest absolute Gasteiger partial charge is 0.341 e. The first-order chi connectivity index (χ1) is 14.5. The summed E-state index contributed by atoms with van der Waals surface area (Å²) in [4.78, 5) is 15.3. The molecule has 0 saturated carbocycles. The number of ether oxygens (including phenoxy) is 2. The molecule has 0 bridgehead atoms. The summed E-state index contributed by atoms with van der Waals surface area (Å²) >= 11 is 0. The number of aromatic hydroxyl groups is 1. The maximum atomic E-state index is 10.7. The maximum Gasteiger partial charge on any atom is 0.341 e. The van der Waals surface area contributed by atoms with Gasteiger partial charge in [-0.2, -0.15) is 5.10 Å². The Morgan fingerprint density at radius 3 is 2.67 bits per heavy atom. The fourth-order valence-corrected chi connectivity index (χ4v) is 2.88. The number of aliphatic carboxylic acids is 1. The zero-order valence-electron chi connectivity index (χ0n) is 16.8. The number of carbonyl (C=O) groups is 1. The van der Waals surface area contributed by atoms with Gasteiger partial charge in [0.2, 0.25) is 0 Å². The van der Waals surface area contributed by atoms with Gasteiger partial charge in [0.15, 0.2) is 29.8 Å². The van der Waals surface area contributed by atoms with Crippen LogP contribution in [0.4, 0.5) is 0 Å². The molecule has 0 spiro atoms. The van der Waals surface area contributed by atoms with E-state index in [1.165, 1.54) is 7.11 Å². The Kier molecular flexibility index (Phi) is 6.69. The minimum Gasteiger partial charge on any atom is -0.507 e. The van der Waals surface area contributed by atoms with Crippen molar-refractivity contribution in [1.82, 2.24) is 14.8 Å². The van der Waals surface area contributed by atoms with E-state index in [0.717, 1.165) is 12.0 Å². The highest BCUT2D eigenvalue weighted by molar-refractivity contribution is 5.71. The number of aromatic nitrogens is 3. The quantitative estimate of drug-likeness (QED) is 0.555. The average molecular weight is 409 g/mol. The normalized spacial score (nSPS) is 11.0. The molecule has 0 aliphatic heterocycles. The lowest BCUT2D eigenvalue weighted by Crippen LogP contribution is -2.10. The van der Waals surface area contributed by atoms with Crippen LogP contribution in [0.2, 0.25) is 0 Å². The first-order valence-corrected chi connectivity index (χ1v) is 9.45. The van der Waals surface area contributed by atoms with E-state index in [2.05, 4.69) is 10.1 Å². The minimum absolute atomic E-state index is 0.152. The molecule has 0 unspecified atom stereocenters. The number of hydrogen-bond donors (Lipinski definition) is 2. The van der Waals surface area contributed by atoms with Gasteiger partial charge in [-0.3, -0.25) is 0 Å². The van der Waals surface area contributed by atoms with Crippen LogP contribution < -0.4 is 9.47 Å². The first-order valence-electron chi connectivity index (χ1n) is 9.45. The molecule has 8 nitrogen and oxygen atoms in total. The summed E-state index contributed by atoms with van der Waals surface area (Å²) in [7, 11) is 1.49. The van der Waals surface area contributed by atoms with Gasteiger partial charge in [0, 0.05) is 6.54 Å². The largest absolute Gasteiger partial charge is 0.507 e. The van der Waals surface area contributed by atoms with E-state index in [0.29, 0.717) is 35.3 Å². The standard InChI is InChI=1S/C22H23N3O5/c1-3-12-25-22(16-6-4-5-7-17(16)26)23-20(24-25)11-9-15-8-10-18(19(13-15)29-2)30-14-21(27)28/h4-11,13,26H,3,12,14H2,1-2H3,(H,27,28)/b11-9+. The molecule has 0 atom stereocenters. The molecule has 0 radical (unpaired) electrons. The Morgan fingerprint density at radius 2 is 1.97 bits per heavy atom. The lowest BCUT2D eigenvalue weighted by Gasteiger charge is -2.09. The fourth-order valence-electron chi connectivity index (χ4n) is 2.88. The Bertz CT molecular complexity index is 1060. The van der Waals surface area contributed by atoms with Crippen LogP contribution >= 0.6 is 0 Å². The molecule has 0 aliphatic rings. The van der Waals surface area contributed by atoms with Crippen molar-refractivity contribution in [3.05, 3.63) is 53.9 Å². The number of nitrogens with zero attached hydrogens (tertiary/aromatic N) is 3. The molecule has 8 heteroatoms. The number of phenols is 1. The van der Waals surface area contributed by atoms with Gasteiger partial charge in [0.1, 0.15) is 5.75 Å². The number of methoxy groups -OCH3 is 1. The second-order valence-corrected chi connectivity index (χ2v) is 6.46. The van der Waals surface area contributed by atoms with Crippen LogP contribution in [-0.2, 0) is 11.3 Å². The monoisotopic (exact) mass is 409 g/mol. The van der Waals surface area contributed by atoms with Gasteiger partial charge in [-0.15, -0.1) is 0 Å². The molecule has 2 N–H and O–H groups in total. The van der Waals surface area contributed by atoms with E-state index in [1.54, 1.807) is 47.2 Å². The van der Waals surface area contributed by atoms with Crippen LogP contribution in [0.15, 0.2) is 42.5 Å². The van der Waals surface area contributed by atoms with Gasteiger partial charge in [0.05, 0.1) is 12.7 Å². The summed E-state index contributed by atoms with van der Waals surface area (Å²) < 4.78 is 12.3. The van der Waals surface area contributed by atoms with Gasteiger partial charge < -0.3 is 19.7 Å². The van der Waals surface area contributed by atoms with Gasteiger partial charge >= 0.3 is 5.97 Å². The van der Waals surface area contributed by atoms with E-state index < -0.39 is 12.6 Å². The summed E-state index contributed by atoms with van der Waals surface area (Å²) in [6.45, 7) is 2.28. The molecular formula is C22H23N3O5. The second-order valence-electron chi connectivity index (χ2n) is 6.46. The molecule has 30 heavy (non-hydrogen) atoms. The molecule has 156 valence electrons. The third-order valence-corrected chi connectivity index (χ3v) is 4.23. The molecule has 0 fully saturated rings. The van der Waals surface area contributed by atoms with Crippen LogP contribution in [0.3, 0.4) is 0 Å². The van der Waals surface area contributed by atoms with E-state index in [4.69, 9.17) is 14.6 Å². The fraction of sp³-hybridized carbons (Fsp3) is 0.227. The van der Waals surface area contributed by atoms with Crippen molar-refractivity contribution < 1.29 is 24.5 Å². The SMILES string of the molecule is CCCn1nc(/C=C/c2ccc(OCC(=O)O)c(OC)c2)nc1-c1ccccc1O. The lowest BCUT2D eigenvalue weighted by atomic mass is 10.2. The molecular weight excluding hydrogens is 386 g/mol. The van der Waals surface area contributed by atoms with E-state index in [1.807, 2.05) is 19.1 Å². The lowest BCUT2D eigenvalue weighted by molar-refractivity contribution is -0.139. The van der Waals surface area contributed by atoms with E-state index >= 15 is 0 Å². The number of benzene rings is 2. The van der Waals surface area contributed by atoms with Crippen LogP contribution in [-0.4, -0.2) is 44.7 Å². The van der Waals surface area contributed by atoms with Crippen molar-refractivity contribution in [1.29, 1.82) is 0 Å². The Hall–Kier alpha value is -3.81. The summed E-state index contributed by atoms with van der Waals surface area (Å²) in [5.74, 6) is 0.980. The number of carboxylic acids is 1. The predicted molar refractivity (Wildman–Crippen MR) is 112 cm³/mol. The number of aryl methyl sites for hydroxylation is 1. The third-order valence-electron chi connectivity index (χ3n) is 4.23. The van der Waals surface area contributed by atoms with Crippen molar-refractivity contribution >= 4 is 18.1 Å². The minimum atomic E-state index is -1.06. The maximum absolute atomic E-state index is 10.7. The highest BCUT2D eigenvalue weighted by atomic mass is 16.5. The number of carboxylic acid groups (broad SMARTS) is 1. The highest BCUT2D eigenvalue weighted by Gasteiger charge is 2.13.